The summed E-state index contributed by atoms with van der Waals surface area (Å²) < 4.78 is 60.0. The van der Waals surface area contributed by atoms with E-state index in [0.717, 1.165) is 12.1 Å². The van der Waals surface area contributed by atoms with Gasteiger partial charge < -0.3 is 29.7 Å². The van der Waals surface area contributed by atoms with Gasteiger partial charge in [-0.3, -0.25) is 4.79 Å². The second kappa shape index (κ2) is 11.1. The third-order valence-corrected chi connectivity index (χ3v) is 6.61. The number of nitrogens with one attached hydrogen (secondary N) is 1. The van der Waals surface area contributed by atoms with Gasteiger partial charge in [-0.1, -0.05) is 16.8 Å². The van der Waals surface area contributed by atoms with E-state index in [2.05, 4.69) is 25.8 Å². The largest absolute Gasteiger partial charge is 0.394 e. The zero-order valence-electron chi connectivity index (χ0n) is 20.0. The monoisotopic (exact) mass is 570 g/mol. The summed E-state index contributed by atoms with van der Waals surface area (Å²) in [4.78, 5) is 12.6. The molecule has 2 saturated heterocycles. The van der Waals surface area contributed by atoms with E-state index in [4.69, 9.17) is 25.8 Å². The SMILES string of the molecule is O=C(CO[C@@H]1[C@@H](n2cc(-c3cc(F)c(F)c(F)c3)nn2)[C@@H](O)[C@@H](CO)O[C@@]12CCCO2)Nc1ccc(Cl)nn1. The van der Waals surface area contributed by atoms with E-state index < -0.39 is 66.7 Å². The molecule has 0 bridgehead atoms. The number of ether oxygens (including phenoxy) is 3. The summed E-state index contributed by atoms with van der Waals surface area (Å²) in [7, 11) is 0. The molecule has 0 saturated carbocycles. The highest BCUT2D eigenvalue weighted by Gasteiger charge is 2.58. The van der Waals surface area contributed by atoms with E-state index in [1.54, 1.807) is 0 Å². The highest BCUT2D eigenvalue weighted by Crippen LogP contribution is 2.44. The third-order valence-electron chi connectivity index (χ3n) is 6.41. The average Bonchev–Trinajstić information content (AvgIpc) is 3.59. The number of rotatable bonds is 7. The van der Waals surface area contributed by atoms with Crippen LogP contribution in [0.1, 0.15) is 18.9 Å². The number of carbonyl (C=O) groups excluding carboxylic acids is 1. The van der Waals surface area contributed by atoms with Gasteiger partial charge in [0.05, 0.1) is 19.4 Å². The lowest BCUT2D eigenvalue weighted by atomic mass is 9.88. The van der Waals surface area contributed by atoms with Crippen molar-refractivity contribution in [3.8, 4) is 11.3 Å². The summed E-state index contributed by atoms with van der Waals surface area (Å²) in [5.74, 6) is -6.42. The Labute approximate surface area is 223 Å². The first-order valence-electron chi connectivity index (χ1n) is 11.8. The zero-order valence-corrected chi connectivity index (χ0v) is 20.8. The number of halogens is 4. The van der Waals surface area contributed by atoms with Gasteiger partial charge in [-0.25, -0.2) is 17.9 Å². The van der Waals surface area contributed by atoms with Crippen molar-refractivity contribution in [1.82, 2.24) is 25.2 Å². The van der Waals surface area contributed by atoms with Gasteiger partial charge in [0.25, 0.3) is 5.91 Å². The van der Waals surface area contributed by atoms with Crippen LogP contribution in [-0.4, -0.2) is 85.2 Å². The van der Waals surface area contributed by atoms with Crippen LogP contribution >= 0.6 is 11.6 Å². The van der Waals surface area contributed by atoms with Crippen molar-refractivity contribution < 1.29 is 42.4 Å². The van der Waals surface area contributed by atoms with Crippen molar-refractivity contribution in [2.75, 3.05) is 25.1 Å². The molecule has 0 aliphatic carbocycles. The van der Waals surface area contributed by atoms with Gasteiger partial charge in [0.1, 0.15) is 36.7 Å². The van der Waals surface area contributed by atoms with Crippen LogP contribution in [0.4, 0.5) is 19.0 Å². The summed E-state index contributed by atoms with van der Waals surface area (Å²) in [5, 5.41) is 38.9. The van der Waals surface area contributed by atoms with Crippen LogP contribution in [0.15, 0.2) is 30.5 Å². The second-order valence-corrected chi connectivity index (χ2v) is 9.33. The molecule has 39 heavy (non-hydrogen) atoms. The van der Waals surface area contributed by atoms with Crippen LogP contribution in [0, 0.1) is 17.5 Å². The van der Waals surface area contributed by atoms with Crippen molar-refractivity contribution in [1.29, 1.82) is 0 Å². The van der Waals surface area contributed by atoms with Crippen LogP contribution in [0.2, 0.25) is 5.15 Å². The van der Waals surface area contributed by atoms with E-state index in [1.807, 2.05) is 0 Å². The predicted octanol–water partition coefficient (Wildman–Crippen LogP) is 1.63. The molecule has 1 aromatic carbocycles. The van der Waals surface area contributed by atoms with Gasteiger partial charge in [0.2, 0.25) is 0 Å². The quantitative estimate of drug-likeness (QED) is 0.357. The summed E-state index contributed by atoms with van der Waals surface area (Å²) in [5.41, 5.74) is -0.142. The Balaban J connectivity index is 1.44. The smallest absolute Gasteiger partial charge is 0.251 e. The number of aliphatic hydroxyl groups is 2. The van der Waals surface area contributed by atoms with Gasteiger partial charge in [0.15, 0.2) is 34.2 Å². The molecular formula is C23H22ClF3N6O6. The van der Waals surface area contributed by atoms with Gasteiger partial charge in [0, 0.05) is 12.0 Å². The normalized spacial score (nSPS) is 26.7. The molecule has 2 aliphatic rings. The van der Waals surface area contributed by atoms with Gasteiger partial charge >= 0.3 is 0 Å². The maximum atomic E-state index is 13.8. The molecule has 208 valence electrons. The molecule has 0 radical (unpaired) electrons. The van der Waals surface area contributed by atoms with Crippen molar-refractivity contribution in [2.45, 2.75) is 43.0 Å². The van der Waals surface area contributed by atoms with E-state index >= 15 is 0 Å². The summed E-state index contributed by atoms with van der Waals surface area (Å²) in [6.07, 6.45) is -1.59. The maximum Gasteiger partial charge on any atom is 0.251 e. The first-order chi connectivity index (χ1) is 18.7. The molecule has 16 heteroatoms. The van der Waals surface area contributed by atoms with Gasteiger partial charge in [-0.15, -0.1) is 15.3 Å². The lowest BCUT2D eigenvalue weighted by Gasteiger charge is -2.49. The summed E-state index contributed by atoms with van der Waals surface area (Å²) in [6.45, 7) is -0.836. The van der Waals surface area contributed by atoms with E-state index in [9.17, 15) is 28.2 Å². The molecular weight excluding hydrogens is 549 g/mol. The Hall–Kier alpha value is -3.21. The average molecular weight is 571 g/mol. The summed E-state index contributed by atoms with van der Waals surface area (Å²) >= 11 is 5.71. The van der Waals surface area contributed by atoms with Crippen molar-refractivity contribution in [2.24, 2.45) is 0 Å². The number of carbonyl (C=O) groups is 1. The molecule has 2 fully saturated rings. The highest BCUT2D eigenvalue weighted by atomic mass is 35.5. The molecule has 0 unspecified atom stereocenters. The number of hydrogen-bond donors (Lipinski definition) is 3. The Morgan fingerprint density at radius 3 is 2.64 bits per heavy atom. The minimum Gasteiger partial charge on any atom is -0.394 e. The highest BCUT2D eigenvalue weighted by molar-refractivity contribution is 6.29. The van der Waals surface area contributed by atoms with E-state index in [0.29, 0.717) is 12.8 Å². The van der Waals surface area contributed by atoms with E-state index in [-0.39, 0.29) is 28.8 Å². The minimum absolute atomic E-state index is 0.0359. The van der Waals surface area contributed by atoms with E-state index in [1.165, 1.54) is 23.0 Å². The Bertz CT molecular complexity index is 1320. The van der Waals surface area contributed by atoms with Crippen molar-refractivity contribution in [3.63, 3.8) is 0 Å². The molecule has 2 aromatic heterocycles. The number of benzene rings is 1. The minimum atomic E-state index is -1.63. The molecule has 3 aromatic rings. The fourth-order valence-corrected chi connectivity index (χ4v) is 4.76. The Kier molecular flexibility index (Phi) is 7.80. The van der Waals surface area contributed by atoms with Gasteiger partial charge in [-0.05, 0) is 30.7 Å². The Morgan fingerprint density at radius 2 is 2.00 bits per heavy atom. The number of aromatic nitrogens is 5. The van der Waals surface area contributed by atoms with Crippen LogP contribution in [-0.2, 0) is 19.0 Å². The molecule has 12 nitrogen and oxygen atoms in total. The van der Waals surface area contributed by atoms with Crippen LogP contribution in [0.3, 0.4) is 0 Å². The molecule has 1 spiro atoms. The molecule has 3 N–H and O–H groups in total. The molecule has 5 atom stereocenters. The van der Waals surface area contributed by atoms with Gasteiger partial charge in [-0.2, -0.15) is 0 Å². The number of anilines is 1. The lowest BCUT2D eigenvalue weighted by Crippen LogP contribution is -2.63. The third kappa shape index (κ3) is 5.46. The predicted molar refractivity (Wildman–Crippen MR) is 126 cm³/mol. The fourth-order valence-electron chi connectivity index (χ4n) is 4.66. The fraction of sp³-hybridized carbons (Fsp3) is 0.435. The number of nitrogens with zero attached hydrogens (tertiary/aromatic N) is 5. The first-order valence-corrected chi connectivity index (χ1v) is 12.2. The first kappa shape index (κ1) is 27.4. The van der Waals surface area contributed by atoms with Crippen LogP contribution in [0.5, 0.6) is 0 Å². The molecule has 1 amide bonds. The topological polar surface area (TPSA) is 154 Å². The van der Waals surface area contributed by atoms with Crippen molar-refractivity contribution in [3.05, 3.63) is 53.1 Å². The molecule has 5 rings (SSSR count). The van der Waals surface area contributed by atoms with Crippen LogP contribution < -0.4 is 5.32 Å². The Morgan fingerprint density at radius 1 is 1.23 bits per heavy atom. The second-order valence-electron chi connectivity index (χ2n) is 8.94. The number of amides is 1. The lowest BCUT2D eigenvalue weighted by molar-refractivity contribution is -0.345. The standard InChI is InChI=1S/C23H22ClF3N6O6/c24-16-2-3-17(31-30-16)28-18(35)10-37-22-20(21(36)15(9-34)39-23(22)4-1-5-38-23)33-8-14(29-32-33)11-6-12(25)19(27)13(26)7-11/h2-3,6-8,15,20-22,34,36H,1,4-5,9-10H2,(H,28,31,35)/t15-,20+,21+,22-,23+/m1/s1. The molecule has 2 aliphatic heterocycles. The maximum absolute atomic E-state index is 13.8. The zero-order chi connectivity index (χ0) is 27.7. The molecule has 4 heterocycles. The van der Waals surface area contributed by atoms with Crippen molar-refractivity contribution >= 4 is 23.3 Å². The van der Waals surface area contributed by atoms with Crippen LogP contribution in [0.25, 0.3) is 11.3 Å². The number of hydrogen-bond acceptors (Lipinski definition) is 10. The summed E-state index contributed by atoms with van der Waals surface area (Å²) in [6, 6.07) is 3.25. The number of aliphatic hydroxyl groups excluding tert-OH is 2.